The monoisotopic (exact) mass is 639 g/mol. The minimum atomic E-state index is -0.345. The molecule has 262 valence electrons. The van der Waals surface area contributed by atoms with Crippen molar-refractivity contribution < 1.29 is 19.7 Å². The summed E-state index contributed by atoms with van der Waals surface area (Å²) in [6.45, 7) is 28.5. The van der Waals surface area contributed by atoms with Gasteiger partial charge in [-0.1, -0.05) is 125 Å². The highest BCUT2D eigenvalue weighted by molar-refractivity contribution is 5.76. The maximum absolute atomic E-state index is 12.3. The summed E-state index contributed by atoms with van der Waals surface area (Å²) in [6.07, 6.45) is 7.95. The van der Waals surface area contributed by atoms with Gasteiger partial charge in [0.25, 0.3) is 0 Å². The van der Waals surface area contributed by atoms with Gasteiger partial charge in [0.15, 0.2) is 0 Å². The number of phenolic OH excluding ortho intramolecular Hbond substituents is 1. The molecule has 2 N–H and O–H groups in total. The van der Waals surface area contributed by atoms with E-state index in [9.17, 15) is 4.79 Å². The molecule has 2 aromatic rings. The number of benzene rings is 2. The lowest BCUT2D eigenvalue weighted by Crippen LogP contribution is -2.40. The highest BCUT2D eigenvalue weighted by atomic mass is 16.5. The molecule has 0 spiro atoms. The zero-order valence-corrected chi connectivity index (χ0v) is 31.9. The summed E-state index contributed by atoms with van der Waals surface area (Å²) in [4.78, 5) is 12.3. The zero-order chi connectivity index (χ0) is 35.3. The van der Waals surface area contributed by atoms with Crippen LogP contribution in [-0.2, 0) is 14.9 Å². The molecule has 0 amide bonds. The number of rotatable bonds is 9. The number of aliphatic hydroxyl groups excluding tert-OH is 1. The largest absolute Gasteiger partial charge is 0.508 e. The second-order valence-corrected chi connectivity index (χ2v) is 15.9. The van der Waals surface area contributed by atoms with Crippen LogP contribution in [0.25, 0.3) is 0 Å². The van der Waals surface area contributed by atoms with Crippen molar-refractivity contribution in [1.29, 1.82) is 0 Å². The van der Waals surface area contributed by atoms with Crippen LogP contribution >= 0.6 is 0 Å². The molecule has 4 nitrogen and oxygen atoms in total. The topological polar surface area (TPSA) is 66.8 Å². The van der Waals surface area contributed by atoms with Crippen molar-refractivity contribution >= 4 is 5.97 Å². The van der Waals surface area contributed by atoms with Crippen LogP contribution in [0.3, 0.4) is 0 Å². The molecule has 0 heterocycles. The summed E-state index contributed by atoms with van der Waals surface area (Å²) >= 11 is 0. The molecule has 5 atom stereocenters. The molecule has 2 aliphatic rings. The molecule has 2 fully saturated rings. The van der Waals surface area contributed by atoms with Crippen LogP contribution < -0.4 is 0 Å². The van der Waals surface area contributed by atoms with Crippen molar-refractivity contribution in [3.05, 3.63) is 65.7 Å². The smallest absolute Gasteiger partial charge is 0.311 e. The molecule has 5 unspecified atom stereocenters. The third kappa shape index (κ3) is 11.1. The Labute approximate surface area is 283 Å². The number of carbonyl (C=O) groups is 1. The maximum atomic E-state index is 12.3. The van der Waals surface area contributed by atoms with E-state index < -0.39 is 0 Å². The van der Waals surface area contributed by atoms with E-state index in [2.05, 4.69) is 92.6 Å². The van der Waals surface area contributed by atoms with Crippen LogP contribution in [0.2, 0.25) is 0 Å². The van der Waals surface area contributed by atoms with Gasteiger partial charge < -0.3 is 14.9 Å². The third-order valence-corrected chi connectivity index (χ3v) is 11.9. The SMILES string of the molecule is CCC(C)(C)C(=O)OC1CC2CCC1(C)C2(C)C.CCC(C)(C)c1ccc(O)cc1.CCC(C)CO.CCC(C)c1ccccc1. The zero-order valence-electron chi connectivity index (χ0n) is 31.9. The fraction of sp³-hybridized carbons (Fsp3) is 0.690. The number of phenols is 1. The average Bonchev–Trinajstić information content (AvgIpc) is 3.39. The number of hydrogen-bond donors (Lipinski definition) is 2. The first-order valence-electron chi connectivity index (χ1n) is 18.0. The lowest BCUT2D eigenvalue weighted by Gasteiger charge is -2.39. The van der Waals surface area contributed by atoms with E-state index in [-0.39, 0.29) is 28.3 Å². The number of aliphatic hydroxyl groups is 1. The van der Waals surface area contributed by atoms with Gasteiger partial charge >= 0.3 is 5.97 Å². The van der Waals surface area contributed by atoms with Gasteiger partial charge in [0.2, 0.25) is 0 Å². The van der Waals surface area contributed by atoms with Crippen molar-refractivity contribution in [2.45, 2.75) is 152 Å². The van der Waals surface area contributed by atoms with E-state index in [1.807, 2.05) is 39.8 Å². The first kappa shape index (κ1) is 41.7. The van der Waals surface area contributed by atoms with E-state index in [4.69, 9.17) is 14.9 Å². The summed E-state index contributed by atoms with van der Waals surface area (Å²) in [6, 6.07) is 18.1. The average molecular weight is 639 g/mol. The highest BCUT2D eigenvalue weighted by Gasteiger charge is 2.63. The molecule has 4 heteroatoms. The minimum absolute atomic E-state index is 0.0143. The molecule has 2 saturated carbocycles. The summed E-state index contributed by atoms with van der Waals surface area (Å²) in [7, 11) is 0. The van der Waals surface area contributed by atoms with Crippen molar-refractivity contribution in [3.8, 4) is 5.75 Å². The van der Waals surface area contributed by atoms with Crippen LogP contribution in [0.1, 0.15) is 152 Å². The normalized spacial score (nSPS) is 22.6. The summed E-state index contributed by atoms with van der Waals surface area (Å²) < 4.78 is 5.90. The highest BCUT2D eigenvalue weighted by Crippen LogP contribution is 2.66. The van der Waals surface area contributed by atoms with Crippen LogP contribution in [0.15, 0.2) is 54.6 Å². The lowest BCUT2D eigenvalue weighted by molar-refractivity contribution is -0.167. The lowest BCUT2D eigenvalue weighted by atomic mass is 9.70. The Kier molecular flexibility index (Phi) is 16.6. The standard InChI is InChI=1S/C16H28O2.C11H16O.C10H14.C5H12O/c1-7-14(2,3)13(17)18-12-10-11-8-9-16(12,6)15(11,4)5;1-4-11(2,3)9-5-7-10(12)8-6-9;1-3-9(2)10-7-5-4-6-8-10;1-3-5(2)4-6/h11-12H,7-10H2,1-6H3;5-8,12H,4H2,1-3H3;4-9H,3H2,1-2H3;5-6H,3-4H2,1-2H3. The molecule has 46 heavy (non-hydrogen) atoms. The third-order valence-electron chi connectivity index (χ3n) is 11.9. The number of carbonyl (C=O) groups excluding carboxylic acids is 1. The van der Waals surface area contributed by atoms with Crippen molar-refractivity contribution in [3.63, 3.8) is 0 Å². The first-order chi connectivity index (χ1) is 21.4. The van der Waals surface area contributed by atoms with Crippen LogP contribution in [-0.4, -0.2) is 28.9 Å². The van der Waals surface area contributed by atoms with Crippen LogP contribution in [0, 0.1) is 28.1 Å². The van der Waals surface area contributed by atoms with E-state index in [1.165, 1.54) is 30.4 Å². The van der Waals surface area contributed by atoms with Gasteiger partial charge in [-0.3, -0.25) is 4.79 Å². The Hall–Kier alpha value is -2.33. The van der Waals surface area contributed by atoms with Crippen molar-refractivity contribution in [2.75, 3.05) is 6.61 Å². The van der Waals surface area contributed by atoms with E-state index in [1.54, 1.807) is 12.1 Å². The van der Waals surface area contributed by atoms with Gasteiger partial charge in [0.05, 0.1) is 5.41 Å². The fourth-order valence-corrected chi connectivity index (χ4v) is 6.00. The van der Waals surface area contributed by atoms with E-state index in [0.29, 0.717) is 29.6 Å². The van der Waals surface area contributed by atoms with Crippen molar-refractivity contribution in [1.82, 2.24) is 0 Å². The molecule has 2 aromatic carbocycles. The molecule has 0 aliphatic heterocycles. The predicted octanol–water partition coefficient (Wildman–Crippen LogP) is 11.5. The number of fused-ring (bicyclic) bond motifs is 2. The van der Waals surface area contributed by atoms with E-state index >= 15 is 0 Å². The van der Waals surface area contributed by atoms with Gasteiger partial charge in [-0.15, -0.1) is 0 Å². The molecule has 2 bridgehead atoms. The molecule has 0 radical (unpaired) electrons. The number of esters is 1. The Morgan fingerprint density at radius 1 is 0.891 bits per heavy atom. The molecular formula is C42H70O4. The number of aromatic hydroxyl groups is 1. The van der Waals surface area contributed by atoms with Gasteiger partial charge in [-0.2, -0.15) is 0 Å². The van der Waals surface area contributed by atoms with Gasteiger partial charge in [-0.25, -0.2) is 0 Å². The summed E-state index contributed by atoms with van der Waals surface area (Å²) in [5.74, 6) is 2.25. The Morgan fingerprint density at radius 2 is 1.46 bits per heavy atom. The van der Waals surface area contributed by atoms with Crippen LogP contribution in [0.5, 0.6) is 5.75 Å². The van der Waals surface area contributed by atoms with Crippen molar-refractivity contribution in [2.24, 2.45) is 28.1 Å². The molecule has 0 saturated heterocycles. The van der Waals surface area contributed by atoms with Gasteiger partial charge in [-0.05, 0) is 104 Å². The summed E-state index contributed by atoms with van der Waals surface area (Å²) in [5, 5.41) is 17.4. The molecular weight excluding hydrogens is 568 g/mol. The quantitative estimate of drug-likeness (QED) is 0.268. The number of hydrogen-bond acceptors (Lipinski definition) is 4. The Balaban J connectivity index is 0.000000330. The van der Waals surface area contributed by atoms with E-state index in [0.717, 1.165) is 31.6 Å². The molecule has 2 aliphatic carbocycles. The Bertz CT molecular complexity index is 1130. The minimum Gasteiger partial charge on any atom is -0.508 e. The van der Waals surface area contributed by atoms with Crippen LogP contribution in [0.4, 0.5) is 0 Å². The maximum Gasteiger partial charge on any atom is 0.311 e. The Morgan fingerprint density at radius 3 is 1.83 bits per heavy atom. The molecule has 4 rings (SSSR count). The number of ether oxygens (including phenoxy) is 1. The van der Waals surface area contributed by atoms with Gasteiger partial charge in [0, 0.05) is 12.0 Å². The first-order valence-corrected chi connectivity index (χ1v) is 18.0. The second kappa shape index (κ2) is 18.3. The fourth-order valence-electron chi connectivity index (χ4n) is 6.00. The van der Waals surface area contributed by atoms with Gasteiger partial charge in [0.1, 0.15) is 11.9 Å². The summed E-state index contributed by atoms with van der Waals surface area (Å²) in [5.41, 5.74) is 3.09. The molecule has 0 aromatic heterocycles. The predicted molar refractivity (Wildman–Crippen MR) is 196 cm³/mol. The second-order valence-electron chi connectivity index (χ2n) is 15.9.